The number of unbranched alkanes of at least 4 members (excludes halogenated alkanes) is 4. The maximum absolute atomic E-state index is 13.1. The van der Waals surface area contributed by atoms with Crippen LogP contribution in [0.25, 0.3) is 0 Å². The van der Waals surface area contributed by atoms with E-state index in [2.05, 4.69) is 29.0 Å². The van der Waals surface area contributed by atoms with E-state index >= 15 is 0 Å². The molecule has 254 valence electrons. The molecular weight excluding hydrogens is 619 g/mol. The monoisotopic (exact) mass is 669 g/mol. The smallest absolute Gasteiger partial charge is 0.326 e. The van der Waals surface area contributed by atoms with Gasteiger partial charge in [0.2, 0.25) is 21.8 Å². The molecule has 3 aliphatic rings. The summed E-state index contributed by atoms with van der Waals surface area (Å²) >= 11 is 1.56. The highest BCUT2D eigenvalue weighted by atomic mass is 32.2. The van der Waals surface area contributed by atoms with Crippen LogP contribution >= 0.6 is 11.8 Å². The number of carboxylic acids is 1. The van der Waals surface area contributed by atoms with E-state index in [9.17, 15) is 32.7 Å². The summed E-state index contributed by atoms with van der Waals surface area (Å²) in [5, 5.41) is 17.7. The van der Waals surface area contributed by atoms with Crippen molar-refractivity contribution in [1.29, 1.82) is 0 Å². The minimum Gasteiger partial charge on any atom is -0.480 e. The number of carboxylic acid groups (broad SMARTS) is 1. The molecule has 0 radical (unpaired) electrons. The average Bonchev–Trinajstić information content (AvgIpc) is 3.70. The number of nitrogens with zero attached hydrogens (tertiary/aromatic N) is 2. The molecule has 1 unspecified atom stereocenters. The van der Waals surface area contributed by atoms with E-state index in [0.29, 0.717) is 43.7 Å². The first-order chi connectivity index (χ1) is 21.3. The number of amides is 4. The number of rotatable bonds is 16. The number of aliphatic carboxylic acids is 1. The van der Waals surface area contributed by atoms with Gasteiger partial charge in [0.05, 0.1) is 11.4 Å². The van der Waals surface area contributed by atoms with Crippen LogP contribution in [0.4, 0.5) is 4.79 Å². The molecule has 4 amide bonds. The van der Waals surface area contributed by atoms with Gasteiger partial charge in [0.15, 0.2) is 0 Å². The number of sulfonamides is 1. The summed E-state index contributed by atoms with van der Waals surface area (Å²) in [7, 11) is -3.55. The lowest BCUT2D eigenvalue weighted by Gasteiger charge is -2.34. The van der Waals surface area contributed by atoms with Gasteiger partial charge in [0.25, 0.3) is 0 Å². The summed E-state index contributed by atoms with van der Waals surface area (Å²) in [4.78, 5) is 53.6. The number of allylic oxidation sites excluding steroid dienone is 3. The lowest BCUT2D eigenvalue weighted by molar-refractivity contribution is -0.143. The van der Waals surface area contributed by atoms with Gasteiger partial charge in [-0.15, -0.1) is 11.8 Å². The first-order valence-corrected chi connectivity index (χ1v) is 18.5. The van der Waals surface area contributed by atoms with E-state index in [-0.39, 0.29) is 19.5 Å². The van der Waals surface area contributed by atoms with Gasteiger partial charge in [0, 0.05) is 36.3 Å². The molecule has 3 heterocycles. The van der Waals surface area contributed by atoms with E-state index in [0.717, 1.165) is 23.5 Å². The fourth-order valence-electron chi connectivity index (χ4n) is 5.71. The molecule has 0 bridgehead atoms. The number of hydrogen-bond acceptors (Lipinski definition) is 7. The van der Waals surface area contributed by atoms with Gasteiger partial charge < -0.3 is 26.0 Å². The van der Waals surface area contributed by atoms with Crippen molar-refractivity contribution in [2.24, 2.45) is 5.41 Å². The third-order valence-corrected chi connectivity index (χ3v) is 11.8. The van der Waals surface area contributed by atoms with Crippen molar-refractivity contribution in [2.75, 3.05) is 31.9 Å². The molecule has 3 rings (SSSR count). The maximum Gasteiger partial charge on any atom is 0.326 e. The Morgan fingerprint density at radius 1 is 1.09 bits per heavy atom. The Hall–Kier alpha value is -2.58. The van der Waals surface area contributed by atoms with Gasteiger partial charge in [0.1, 0.15) is 12.1 Å². The summed E-state index contributed by atoms with van der Waals surface area (Å²) in [6.45, 7) is 8.27. The van der Waals surface area contributed by atoms with E-state index in [4.69, 9.17) is 0 Å². The van der Waals surface area contributed by atoms with Crippen molar-refractivity contribution >= 4 is 45.6 Å². The van der Waals surface area contributed by atoms with Gasteiger partial charge in [-0.25, -0.2) is 18.0 Å². The number of carbonyl (C=O) groups excluding carboxylic acids is 3. The van der Waals surface area contributed by atoms with E-state index in [1.807, 2.05) is 26.8 Å². The highest BCUT2D eigenvalue weighted by Crippen LogP contribution is 2.42. The van der Waals surface area contributed by atoms with Crippen molar-refractivity contribution in [3.63, 3.8) is 0 Å². The molecule has 4 N–H and O–H groups in total. The zero-order valence-corrected chi connectivity index (χ0v) is 28.7. The Morgan fingerprint density at radius 2 is 1.82 bits per heavy atom. The second kappa shape index (κ2) is 16.8. The number of thioether (sulfide) groups is 1. The maximum atomic E-state index is 13.1. The van der Waals surface area contributed by atoms with Crippen LogP contribution in [0.5, 0.6) is 0 Å². The predicted octanol–water partition coefficient (Wildman–Crippen LogP) is 3.56. The fourth-order valence-corrected chi connectivity index (χ4v) is 9.15. The van der Waals surface area contributed by atoms with Crippen molar-refractivity contribution < 1.29 is 32.7 Å². The van der Waals surface area contributed by atoms with Crippen LogP contribution in [0.15, 0.2) is 22.0 Å². The standard InChI is InChI=1S/C31H51N5O7S2/c1-5-6-7-8-9-10-11-12-14-22(29(39)40)33-28(38)23-15-13-17-36(23)27(37)19-32-30(41)34-26(31(2,3)4)21-35-20-24-25(16-18-44-24)45(35,42)43/h10-11,22-23,26H,5-9,12-21H2,1-4H3,(H,33,38)(H,39,40)(H2,32,34,41)/b11-10-/t22-,23-,26?/m0/s1. The Morgan fingerprint density at radius 3 is 2.49 bits per heavy atom. The normalized spacial score (nSPS) is 21.2. The third kappa shape index (κ3) is 10.5. The Balaban J connectivity index is 1.48. The molecule has 0 aromatic heterocycles. The van der Waals surface area contributed by atoms with Gasteiger partial charge in [-0.1, -0.05) is 59.1 Å². The molecule has 12 nitrogen and oxygen atoms in total. The van der Waals surface area contributed by atoms with Gasteiger partial charge in [-0.05, 0) is 50.4 Å². The van der Waals surface area contributed by atoms with E-state index in [1.54, 1.807) is 11.8 Å². The minimum absolute atomic E-state index is 0.106. The molecule has 3 atom stereocenters. The molecule has 14 heteroatoms. The first-order valence-electron chi connectivity index (χ1n) is 16.1. The largest absolute Gasteiger partial charge is 0.480 e. The van der Waals surface area contributed by atoms with E-state index in [1.165, 1.54) is 28.5 Å². The third-order valence-electron chi connectivity index (χ3n) is 8.53. The van der Waals surface area contributed by atoms with E-state index < -0.39 is 57.4 Å². The van der Waals surface area contributed by atoms with Crippen molar-refractivity contribution in [3.8, 4) is 0 Å². The number of hydrogen-bond donors (Lipinski definition) is 4. The molecular formula is C31H51N5O7S2. The van der Waals surface area contributed by atoms with Crippen LogP contribution in [-0.2, 0) is 24.4 Å². The summed E-state index contributed by atoms with van der Waals surface area (Å²) in [6, 6.07) is -3.01. The molecule has 0 aromatic rings. The molecule has 0 spiro atoms. The summed E-state index contributed by atoms with van der Waals surface area (Å²) in [5.74, 6) is -1.32. The van der Waals surface area contributed by atoms with Crippen LogP contribution in [0, 0.1) is 5.41 Å². The second-order valence-corrected chi connectivity index (χ2v) is 16.2. The molecule has 3 aliphatic heterocycles. The van der Waals surface area contributed by atoms with Crippen LogP contribution < -0.4 is 16.0 Å². The Bertz CT molecular complexity index is 1250. The molecule has 1 fully saturated rings. The summed E-state index contributed by atoms with van der Waals surface area (Å²) < 4.78 is 27.4. The van der Waals surface area contributed by atoms with Crippen molar-refractivity contribution in [1.82, 2.24) is 25.2 Å². The van der Waals surface area contributed by atoms with Gasteiger partial charge >= 0.3 is 12.0 Å². The lowest BCUT2D eigenvalue weighted by Crippen LogP contribution is -2.56. The van der Waals surface area contributed by atoms with Crippen LogP contribution in [0.3, 0.4) is 0 Å². The second-order valence-electron chi connectivity index (χ2n) is 13.0. The summed E-state index contributed by atoms with van der Waals surface area (Å²) in [6.07, 6.45) is 11.9. The zero-order chi connectivity index (χ0) is 33.2. The van der Waals surface area contributed by atoms with Gasteiger partial charge in [-0.3, -0.25) is 9.59 Å². The minimum atomic E-state index is -3.55. The number of urea groups is 1. The molecule has 1 saturated heterocycles. The molecule has 0 aromatic carbocycles. The highest BCUT2D eigenvalue weighted by Gasteiger charge is 2.42. The average molecular weight is 670 g/mol. The fraction of sp³-hybridized carbons (Fsp3) is 0.742. The predicted molar refractivity (Wildman–Crippen MR) is 176 cm³/mol. The van der Waals surface area contributed by atoms with Gasteiger partial charge in [-0.2, -0.15) is 4.31 Å². The quantitative estimate of drug-likeness (QED) is 0.143. The molecule has 0 aliphatic carbocycles. The number of likely N-dealkylation sites (tertiary alicyclic amines) is 1. The first kappa shape index (κ1) is 36.9. The van der Waals surface area contributed by atoms with Crippen molar-refractivity contribution in [2.45, 2.75) is 110 Å². The summed E-state index contributed by atoms with van der Waals surface area (Å²) in [5.41, 5.74) is -0.472. The zero-order valence-electron chi connectivity index (χ0n) is 27.1. The molecule has 0 saturated carbocycles. The number of carbonyl (C=O) groups is 4. The van der Waals surface area contributed by atoms with Crippen LogP contribution in [0.2, 0.25) is 0 Å². The van der Waals surface area contributed by atoms with Crippen LogP contribution in [-0.4, -0.2) is 96.6 Å². The van der Waals surface area contributed by atoms with Crippen molar-refractivity contribution in [3.05, 3.63) is 22.0 Å². The Kier molecular flexibility index (Phi) is 13.8. The lowest BCUT2D eigenvalue weighted by atomic mass is 9.86. The van der Waals surface area contributed by atoms with Crippen LogP contribution in [0.1, 0.15) is 91.9 Å². The topological polar surface area (TPSA) is 165 Å². The number of nitrogens with one attached hydrogen (secondary N) is 3. The SMILES string of the molecule is CCCCCC/C=C\CC[C@H](NC(=O)[C@@H]1CCCN1C(=O)CNC(=O)NC(CN1CC2=C(CCS2)S1(=O)=O)C(C)(C)C)C(=O)O. The highest BCUT2D eigenvalue weighted by molar-refractivity contribution is 8.05. The molecule has 45 heavy (non-hydrogen) atoms. The Labute approximate surface area is 272 Å².